The Morgan fingerprint density at radius 1 is 1.00 bits per heavy atom. The van der Waals surface area contributed by atoms with Crippen LogP contribution in [0.3, 0.4) is 0 Å². The minimum Gasteiger partial charge on any atom is -0.540 e. The molecule has 162 valence electrons. The van der Waals surface area contributed by atoms with E-state index in [9.17, 15) is 9.46 Å². The van der Waals surface area contributed by atoms with Gasteiger partial charge in [0, 0.05) is 5.82 Å². The zero-order chi connectivity index (χ0) is 22.3. The Labute approximate surface area is 181 Å². The van der Waals surface area contributed by atoms with Crippen LogP contribution >= 0.6 is 7.60 Å². The third-order valence-electron chi connectivity index (χ3n) is 5.03. The van der Waals surface area contributed by atoms with Gasteiger partial charge in [-0.25, -0.2) is 0 Å². The van der Waals surface area contributed by atoms with Gasteiger partial charge in [-0.15, -0.1) is 0 Å². The molecule has 2 rings (SSSR count). The molecule has 0 heterocycles. The third-order valence-corrected chi connectivity index (χ3v) is 11.1. The molecule has 0 amide bonds. The van der Waals surface area contributed by atoms with Gasteiger partial charge in [0.2, 0.25) is 0 Å². The summed E-state index contributed by atoms with van der Waals surface area (Å²) in [6.07, 6.45) is 5.20. The van der Waals surface area contributed by atoms with Crippen molar-refractivity contribution in [3.63, 3.8) is 0 Å². The van der Waals surface area contributed by atoms with Gasteiger partial charge in [0.25, 0.3) is 0 Å². The maximum Gasteiger partial charge on any atom is 0.351 e. The highest BCUT2D eigenvalue weighted by Crippen LogP contribution is 2.45. The standard InChI is InChI=1S/C24H33O4PSi/c1-6-21(2)28-29(25,26)20-14-13-19-27-30(24(3,4)5,22-15-9-7-10-16-22)23-17-11-8-12-18-23/h7-21H,6H2,1-5H3,(H,25,26). The molecule has 0 saturated carbocycles. The van der Waals surface area contributed by atoms with Crippen molar-refractivity contribution in [2.75, 3.05) is 0 Å². The minimum absolute atomic E-state index is 0.143. The summed E-state index contributed by atoms with van der Waals surface area (Å²) >= 11 is 0. The lowest BCUT2D eigenvalue weighted by molar-refractivity contribution is 0.191. The average Bonchev–Trinajstić information content (AvgIpc) is 2.70. The van der Waals surface area contributed by atoms with E-state index in [4.69, 9.17) is 8.95 Å². The van der Waals surface area contributed by atoms with E-state index in [0.717, 1.165) is 0 Å². The predicted octanol–water partition coefficient (Wildman–Crippen LogP) is 5.59. The molecule has 0 aliphatic heterocycles. The van der Waals surface area contributed by atoms with Crippen molar-refractivity contribution >= 4 is 26.3 Å². The topological polar surface area (TPSA) is 55.8 Å². The van der Waals surface area contributed by atoms with E-state index < -0.39 is 15.9 Å². The maximum absolute atomic E-state index is 12.1. The lowest BCUT2D eigenvalue weighted by Crippen LogP contribution is -2.65. The summed E-state index contributed by atoms with van der Waals surface area (Å²) in [5.41, 5.74) is 0. The molecule has 0 aromatic heterocycles. The number of allylic oxidation sites excluding steroid dienone is 2. The van der Waals surface area contributed by atoms with Gasteiger partial charge in [-0.3, -0.25) is 4.57 Å². The van der Waals surface area contributed by atoms with Crippen LogP contribution in [0.2, 0.25) is 5.04 Å². The normalized spacial score (nSPS) is 15.9. The highest BCUT2D eigenvalue weighted by molar-refractivity contribution is 7.56. The molecule has 0 radical (unpaired) electrons. The van der Waals surface area contributed by atoms with Crippen LogP contribution < -0.4 is 10.4 Å². The molecule has 0 fully saturated rings. The van der Waals surface area contributed by atoms with Crippen LogP contribution in [-0.4, -0.2) is 19.3 Å². The van der Waals surface area contributed by atoms with E-state index >= 15 is 0 Å². The van der Waals surface area contributed by atoms with Crippen molar-refractivity contribution < 1.29 is 18.4 Å². The smallest absolute Gasteiger partial charge is 0.351 e. The highest BCUT2D eigenvalue weighted by Gasteiger charge is 2.51. The van der Waals surface area contributed by atoms with Crippen molar-refractivity contribution in [1.29, 1.82) is 0 Å². The fourth-order valence-electron chi connectivity index (χ4n) is 3.40. The largest absolute Gasteiger partial charge is 0.540 e. The van der Waals surface area contributed by atoms with E-state index in [1.54, 1.807) is 19.3 Å². The number of hydrogen-bond acceptors (Lipinski definition) is 3. The molecule has 0 saturated heterocycles. The quantitative estimate of drug-likeness (QED) is 0.237. The Morgan fingerprint density at radius 3 is 1.93 bits per heavy atom. The first-order valence-electron chi connectivity index (χ1n) is 10.3. The minimum atomic E-state index is -3.77. The third kappa shape index (κ3) is 6.05. The Balaban J connectivity index is 2.37. The monoisotopic (exact) mass is 444 g/mol. The molecule has 2 atom stereocenters. The molecule has 6 heteroatoms. The van der Waals surface area contributed by atoms with E-state index in [0.29, 0.717) is 6.42 Å². The van der Waals surface area contributed by atoms with Gasteiger partial charge in [0.15, 0.2) is 0 Å². The van der Waals surface area contributed by atoms with Crippen LogP contribution in [0.25, 0.3) is 0 Å². The van der Waals surface area contributed by atoms with Crippen LogP contribution in [0.4, 0.5) is 0 Å². The van der Waals surface area contributed by atoms with Gasteiger partial charge in [-0.05, 0) is 34.8 Å². The Morgan fingerprint density at radius 2 is 1.50 bits per heavy atom. The van der Waals surface area contributed by atoms with Gasteiger partial charge in [0.05, 0.1) is 12.4 Å². The second-order valence-corrected chi connectivity index (χ2v) is 14.2. The van der Waals surface area contributed by atoms with Gasteiger partial charge in [-0.2, -0.15) is 0 Å². The fraction of sp³-hybridized carbons (Fsp3) is 0.333. The van der Waals surface area contributed by atoms with Crippen LogP contribution in [0.1, 0.15) is 41.0 Å². The average molecular weight is 445 g/mol. The summed E-state index contributed by atoms with van der Waals surface area (Å²) in [4.78, 5) is 9.94. The first kappa shape index (κ1) is 24.4. The number of rotatable bonds is 9. The molecule has 2 unspecified atom stereocenters. The SMILES string of the molecule is CCC(C)OP(=O)(O)C=CC=CO[Si](c1ccccc1)(c1ccccc1)C(C)(C)C. The number of benzene rings is 2. The molecular formula is C24H33O4PSi. The fourth-order valence-corrected chi connectivity index (χ4v) is 8.75. The molecule has 4 nitrogen and oxygen atoms in total. The van der Waals surface area contributed by atoms with Crippen molar-refractivity contribution in [1.82, 2.24) is 0 Å². The number of hydrogen-bond donors (Lipinski definition) is 1. The van der Waals surface area contributed by atoms with Crippen LogP contribution in [0, 0.1) is 0 Å². The molecule has 0 aliphatic rings. The first-order valence-corrected chi connectivity index (χ1v) is 13.8. The van der Waals surface area contributed by atoms with E-state index in [1.807, 2.05) is 43.3 Å². The molecule has 0 spiro atoms. The van der Waals surface area contributed by atoms with Crippen molar-refractivity contribution in [2.24, 2.45) is 0 Å². The summed E-state index contributed by atoms with van der Waals surface area (Å²) in [6, 6.07) is 20.6. The molecule has 30 heavy (non-hydrogen) atoms. The molecule has 2 aromatic rings. The molecular weight excluding hydrogens is 411 g/mol. The molecule has 0 bridgehead atoms. The van der Waals surface area contributed by atoms with E-state index in [1.165, 1.54) is 22.3 Å². The summed E-state index contributed by atoms with van der Waals surface area (Å²) in [7, 11) is -6.43. The summed E-state index contributed by atoms with van der Waals surface area (Å²) in [6.45, 7) is 10.3. The van der Waals surface area contributed by atoms with Gasteiger partial charge < -0.3 is 13.8 Å². The molecule has 0 aliphatic carbocycles. The van der Waals surface area contributed by atoms with Gasteiger partial charge in [-0.1, -0.05) is 94.4 Å². The first-order chi connectivity index (χ1) is 14.1. The van der Waals surface area contributed by atoms with E-state index in [-0.39, 0.29) is 11.1 Å². The summed E-state index contributed by atoms with van der Waals surface area (Å²) in [5, 5.41) is 2.20. The molecule has 1 N–H and O–H groups in total. The van der Waals surface area contributed by atoms with Crippen LogP contribution in [0.15, 0.2) is 84.9 Å². The van der Waals surface area contributed by atoms with Crippen molar-refractivity contribution in [3.05, 3.63) is 84.9 Å². The summed E-state index contributed by atoms with van der Waals surface area (Å²) in [5.74, 6) is 1.20. The van der Waals surface area contributed by atoms with Crippen LogP contribution in [-0.2, 0) is 13.5 Å². The lowest BCUT2D eigenvalue weighted by Gasteiger charge is -2.41. The molecule has 2 aromatic carbocycles. The second kappa shape index (κ2) is 10.4. The van der Waals surface area contributed by atoms with Crippen molar-refractivity contribution in [2.45, 2.75) is 52.2 Å². The predicted molar refractivity (Wildman–Crippen MR) is 128 cm³/mol. The van der Waals surface area contributed by atoms with Crippen molar-refractivity contribution in [3.8, 4) is 0 Å². The zero-order valence-corrected chi connectivity index (χ0v) is 20.4. The van der Waals surface area contributed by atoms with Crippen LogP contribution in [0.5, 0.6) is 0 Å². The summed E-state index contributed by atoms with van der Waals surface area (Å²) < 4.78 is 23.9. The van der Waals surface area contributed by atoms with Gasteiger partial charge >= 0.3 is 15.9 Å². The Hall–Kier alpha value is -1.91. The van der Waals surface area contributed by atoms with Gasteiger partial charge in [0.1, 0.15) is 0 Å². The maximum atomic E-state index is 12.1. The highest BCUT2D eigenvalue weighted by atomic mass is 31.2. The Bertz CT molecular complexity index is 849. The second-order valence-electron chi connectivity index (χ2n) is 8.34. The lowest BCUT2D eigenvalue weighted by atomic mass is 10.2. The van der Waals surface area contributed by atoms with E-state index in [2.05, 4.69) is 45.0 Å². The Kier molecular flexibility index (Phi) is 8.45. The zero-order valence-electron chi connectivity index (χ0n) is 18.5.